The highest BCUT2D eigenvalue weighted by molar-refractivity contribution is 9.10. The summed E-state index contributed by atoms with van der Waals surface area (Å²) in [5, 5.41) is 10.2. The summed E-state index contributed by atoms with van der Waals surface area (Å²) in [4.78, 5) is 0. The van der Waals surface area contributed by atoms with Gasteiger partial charge in [-0.3, -0.25) is 0 Å². The third-order valence-corrected chi connectivity index (χ3v) is 3.50. The standard InChI is InChI=1S/C11H12BrFO/c12-9-5-3-4-8(10(9)13)11(14)6-1-2-7-11/h3-5,14H,1-2,6-7H2. The van der Waals surface area contributed by atoms with Crippen LogP contribution in [0.4, 0.5) is 4.39 Å². The minimum absolute atomic E-state index is 0.322. The Morgan fingerprint density at radius 2 is 1.93 bits per heavy atom. The van der Waals surface area contributed by atoms with E-state index in [2.05, 4.69) is 15.9 Å². The fourth-order valence-corrected chi connectivity index (χ4v) is 2.46. The molecule has 1 N–H and O–H groups in total. The zero-order valence-electron chi connectivity index (χ0n) is 7.76. The second kappa shape index (κ2) is 3.63. The summed E-state index contributed by atoms with van der Waals surface area (Å²) < 4.78 is 14.1. The van der Waals surface area contributed by atoms with E-state index in [4.69, 9.17) is 0 Å². The van der Waals surface area contributed by atoms with Gasteiger partial charge in [-0.05, 0) is 34.8 Å². The lowest BCUT2D eigenvalue weighted by Gasteiger charge is -2.23. The molecule has 0 spiro atoms. The number of aliphatic hydroxyl groups is 1. The molecule has 1 nitrogen and oxygen atoms in total. The fourth-order valence-electron chi connectivity index (χ4n) is 2.09. The summed E-state index contributed by atoms with van der Waals surface area (Å²) in [6, 6.07) is 5.08. The maximum atomic E-state index is 13.7. The van der Waals surface area contributed by atoms with Crippen molar-refractivity contribution in [2.45, 2.75) is 31.3 Å². The van der Waals surface area contributed by atoms with Crippen LogP contribution >= 0.6 is 15.9 Å². The number of benzene rings is 1. The Morgan fingerprint density at radius 3 is 2.57 bits per heavy atom. The van der Waals surface area contributed by atoms with E-state index in [0.717, 1.165) is 12.8 Å². The van der Waals surface area contributed by atoms with Crippen molar-refractivity contribution in [1.29, 1.82) is 0 Å². The van der Waals surface area contributed by atoms with Gasteiger partial charge in [0.2, 0.25) is 0 Å². The van der Waals surface area contributed by atoms with Crippen LogP contribution in [0.2, 0.25) is 0 Å². The first-order chi connectivity index (χ1) is 6.63. The van der Waals surface area contributed by atoms with E-state index in [-0.39, 0.29) is 5.82 Å². The molecule has 3 heteroatoms. The van der Waals surface area contributed by atoms with Gasteiger partial charge in [-0.15, -0.1) is 0 Å². The van der Waals surface area contributed by atoms with Crippen LogP contribution in [0.25, 0.3) is 0 Å². The highest BCUT2D eigenvalue weighted by atomic mass is 79.9. The molecular formula is C11H12BrFO. The van der Waals surface area contributed by atoms with Gasteiger partial charge in [-0.2, -0.15) is 0 Å². The van der Waals surface area contributed by atoms with Crippen LogP contribution in [-0.4, -0.2) is 5.11 Å². The average molecular weight is 259 g/mol. The van der Waals surface area contributed by atoms with Crippen molar-refractivity contribution in [3.63, 3.8) is 0 Å². The molecule has 1 saturated carbocycles. The lowest BCUT2D eigenvalue weighted by molar-refractivity contribution is 0.0406. The molecule has 0 heterocycles. The predicted molar refractivity (Wildman–Crippen MR) is 56.5 cm³/mol. The molecule has 14 heavy (non-hydrogen) atoms. The van der Waals surface area contributed by atoms with Crippen molar-refractivity contribution < 1.29 is 9.50 Å². The molecule has 0 aromatic heterocycles. The van der Waals surface area contributed by atoms with Gasteiger partial charge >= 0.3 is 0 Å². The number of rotatable bonds is 1. The van der Waals surface area contributed by atoms with Crippen LogP contribution in [0.15, 0.2) is 22.7 Å². The van der Waals surface area contributed by atoms with Crippen LogP contribution in [0.1, 0.15) is 31.2 Å². The fraction of sp³-hybridized carbons (Fsp3) is 0.455. The van der Waals surface area contributed by atoms with Crippen LogP contribution in [0.3, 0.4) is 0 Å². The Labute approximate surface area is 91.1 Å². The lowest BCUT2D eigenvalue weighted by atomic mass is 9.92. The Morgan fingerprint density at radius 1 is 1.29 bits per heavy atom. The monoisotopic (exact) mass is 258 g/mol. The van der Waals surface area contributed by atoms with Crippen LogP contribution in [-0.2, 0) is 5.60 Å². The second-order valence-corrected chi connectivity index (χ2v) is 4.69. The van der Waals surface area contributed by atoms with E-state index in [9.17, 15) is 9.50 Å². The van der Waals surface area contributed by atoms with Gasteiger partial charge in [-0.25, -0.2) is 4.39 Å². The number of hydrogen-bond donors (Lipinski definition) is 1. The van der Waals surface area contributed by atoms with Crippen LogP contribution in [0.5, 0.6) is 0 Å². The molecule has 0 aliphatic heterocycles. The summed E-state index contributed by atoms with van der Waals surface area (Å²) in [7, 11) is 0. The van der Waals surface area contributed by atoms with E-state index in [0.29, 0.717) is 22.9 Å². The van der Waals surface area contributed by atoms with Crippen molar-refractivity contribution in [3.8, 4) is 0 Å². The van der Waals surface area contributed by atoms with E-state index in [1.165, 1.54) is 0 Å². The Hall–Kier alpha value is -0.410. The van der Waals surface area contributed by atoms with Gasteiger partial charge in [0.15, 0.2) is 0 Å². The zero-order valence-corrected chi connectivity index (χ0v) is 9.35. The maximum Gasteiger partial charge on any atom is 0.143 e. The third-order valence-electron chi connectivity index (χ3n) is 2.88. The van der Waals surface area contributed by atoms with Crippen molar-refractivity contribution in [2.24, 2.45) is 0 Å². The predicted octanol–water partition coefficient (Wildman–Crippen LogP) is 3.35. The summed E-state index contributed by atoms with van der Waals surface area (Å²) in [5.74, 6) is -0.322. The molecule has 76 valence electrons. The van der Waals surface area contributed by atoms with Crippen molar-refractivity contribution in [3.05, 3.63) is 34.1 Å². The molecule has 1 aliphatic carbocycles. The normalized spacial score (nSPS) is 19.9. The van der Waals surface area contributed by atoms with Crippen LogP contribution < -0.4 is 0 Å². The molecule has 1 aliphatic rings. The van der Waals surface area contributed by atoms with E-state index in [1.54, 1.807) is 18.2 Å². The zero-order chi connectivity index (χ0) is 10.2. The number of halogens is 2. The minimum atomic E-state index is -0.937. The van der Waals surface area contributed by atoms with Gasteiger partial charge in [0.25, 0.3) is 0 Å². The Kier molecular flexibility index (Phi) is 2.62. The maximum absolute atomic E-state index is 13.7. The molecule has 1 aromatic rings. The largest absolute Gasteiger partial charge is 0.385 e. The van der Waals surface area contributed by atoms with Crippen molar-refractivity contribution >= 4 is 15.9 Å². The quantitative estimate of drug-likeness (QED) is 0.819. The summed E-state index contributed by atoms with van der Waals surface area (Å²) in [6.45, 7) is 0. The van der Waals surface area contributed by atoms with E-state index in [1.807, 2.05) is 0 Å². The first-order valence-corrected chi connectivity index (χ1v) is 5.60. The highest BCUT2D eigenvalue weighted by Gasteiger charge is 2.35. The Bertz CT molecular complexity index is 345. The van der Waals surface area contributed by atoms with Gasteiger partial charge in [0, 0.05) is 5.56 Å². The summed E-state index contributed by atoms with van der Waals surface area (Å²) in [6.07, 6.45) is 3.28. The smallest absolute Gasteiger partial charge is 0.143 e. The van der Waals surface area contributed by atoms with Crippen molar-refractivity contribution in [1.82, 2.24) is 0 Å². The van der Waals surface area contributed by atoms with Gasteiger partial charge in [0.05, 0.1) is 10.1 Å². The first-order valence-electron chi connectivity index (χ1n) is 4.80. The molecular weight excluding hydrogens is 247 g/mol. The molecule has 1 fully saturated rings. The van der Waals surface area contributed by atoms with E-state index < -0.39 is 5.60 Å². The topological polar surface area (TPSA) is 20.2 Å². The third kappa shape index (κ3) is 1.59. The summed E-state index contributed by atoms with van der Waals surface area (Å²) in [5.41, 5.74) is -0.502. The molecule has 0 bridgehead atoms. The second-order valence-electron chi connectivity index (χ2n) is 3.84. The van der Waals surface area contributed by atoms with Gasteiger partial charge in [-0.1, -0.05) is 25.0 Å². The first kappa shape index (κ1) is 10.1. The SMILES string of the molecule is OC1(c2cccc(Br)c2F)CCCC1. The summed E-state index contributed by atoms with van der Waals surface area (Å²) >= 11 is 3.13. The Balaban J connectivity index is 2.45. The minimum Gasteiger partial charge on any atom is -0.385 e. The molecule has 0 amide bonds. The van der Waals surface area contributed by atoms with Crippen molar-refractivity contribution in [2.75, 3.05) is 0 Å². The molecule has 2 rings (SSSR count). The molecule has 0 saturated heterocycles. The molecule has 0 atom stereocenters. The lowest BCUT2D eigenvalue weighted by Crippen LogP contribution is -2.22. The molecule has 0 radical (unpaired) electrons. The average Bonchev–Trinajstić information content (AvgIpc) is 2.58. The van der Waals surface area contributed by atoms with Crippen LogP contribution in [0, 0.1) is 5.82 Å². The number of hydrogen-bond acceptors (Lipinski definition) is 1. The van der Waals surface area contributed by atoms with Gasteiger partial charge < -0.3 is 5.11 Å². The molecule has 1 aromatic carbocycles. The molecule has 0 unspecified atom stereocenters. The highest BCUT2D eigenvalue weighted by Crippen LogP contribution is 2.40. The van der Waals surface area contributed by atoms with E-state index >= 15 is 0 Å². The van der Waals surface area contributed by atoms with Gasteiger partial charge in [0.1, 0.15) is 5.82 Å².